The molecule has 17 heavy (non-hydrogen) atoms. The van der Waals surface area contributed by atoms with Crippen molar-refractivity contribution < 1.29 is 19.5 Å². The molecule has 2 amide bonds. The Labute approximate surface area is 99.2 Å². The Kier molecular flexibility index (Phi) is 3.15. The number of rotatable bonds is 3. The molecule has 1 N–H and O–H groups in total. The van der Waals surface area contributed by atoms with Gasteiger partial charge < -0.3 is 5.11 Å². The van der Waals surface area contributed by atoms with Crippen LogP contribution in [0.4, 0.5) is 0 Å². The van der Waals surface area contributed by atoms with E-state index in [9.17, 15) is 14.4 Å². The Morgan fingerprint density at radius 2 is 2.18 bits per heavy atom. The molecule has 2 aliphatic rings. The number of carboxylic acids is 1. The van der Waals surface area contributed by atoms with Gasteiger partial charge in [-0.3, -0.25) is 24.2 Å². The van der Waals surface area contributed by atoms with Gasteiger partial charge in [-0.25, -0.2) is 0 Å². The van der Waals surface area contributed by atoms with Crippen LogP contribution < -0.4 is 0 Å². The molecule has 2 aliphatic heterocycles. The number of carbonyl (C=O) groups excluding carboxylic acids is 2. The summed E-state index contributed by atoms with van der Waals surface area (Å²) in [6.07, 6.45) is 0.748. The molecule has 0 spiro atoms. The third-order valence-electron chi connectivity index (χ3n) is 3.55. The van der Waals surface area contributed by atoms with Gasteiger partial charge >= 0.3 is 5.97 Å². The highest BCUT2D eigenvalue weighted by molar-refractivity contribution is 6.05. The summed E-state index contributed by atoms with van der Waals surface area (Å²) < 4.78 is 0. The predicted molar refractivity (Wildman–Crippen MR) is 58.1 cm³/mol. The molecule has 2 atom stereocenters. The number of imide groups is 1. The lowest BCUT2D eigenvalue weighted by Gasteiger charge is -2.21. The lowest BCUT2D eigenvalue weighted by Crippen LogP contribution is -2.41. The second-order valence-corrected chi connectivity index (χ2v) is 4.51. The minimum atomic E-state index is -0.823. The van der Waals surface area contributed by atoms with E-state index in [0.717, 1.165) is 0 Å². The summed E-state index contributed by atoms with van der Waals surface area (Å²) >= 11 is 0. The average Bonchev–Trinajstić information content (AvgIpc) is 2.84. The molecule has 2 fully saturated rings. The molecular formula is C11H16N2O4. The molecule has 94 valence electrons. The normalized spacial score (nSPS) is 30.3. The van der Waals surface area contributed by atoms with E-state index >= 15 is 0 Å². The Morgan fingerprint density at radius 3 is 2.65 bits per heavy atom. The summed E-state index contributed by atoms with van der Waals surface area (Å²) in [6, 6.07) is -0.438. The van der Waals surface area contributed by atoms with Crippen LogP contribution in [0.3, 0.4) is 0 Å². The second kappa shape index (κ2) is 4.44. The molecule has 6 heteroatoms. The summed E-state index contributed by atoms with van der Waals surface area (Å²) in [4.78, 5) is 37.4. The quantitative estimate of drug-likeness (QED) is 0.675. The molecule has 0 aromatic rings. The fourth-order valence-corrected chi connectivity index (χ4v) is 2.56. The van der Waals surface area contributed by atoms with E-state index in [1.54, 1.807) is 6.92 Å². The van der Waals surface area contributed by atoms with Gasteiger partial charge in [0.2, 0.25) is 11.8 Å². The van der Waals surface area contributed by atoms with Crippen molar-refractivity contribution in [3.8, 4) is 0 Å². The SMILES string of the molecule is CCN1C(=O)CC(N2CCC(C(=O)O)C2)C1=O. The first kappa shape index (κ1) is 12.0. The molecule has 0 saturated carbocycles. The molecule has 2 saturated heterocycles. The number of carboxylic acid groups (broad SMARTS) is 1. The monoisotopic (exact) mass is 240 g/mol. The van der Waals surface area contributed by atoms with E-state index in [0.29, 0.717) is 26.1 Å². The van der Waals surface area contributed by atoms with Gasteiger partial charge in [0.05, 0.1) is 18.4 Å². The number of likely N-dealkylation sites (N-methyl/N-ethyl adjacent to an activating group) is 1. The fraction of sp³-hybridized carbons (Fsp3) is 0.727. The zero-order chi connectivity index (χ0) is 12.6. The number of hydrogen-bond acceptors (Lipinski definition) is 4. The highest BCUT2D eigenvalue weighted by Crippen LogP contribution is 2.25. The van der Waals surface area contributed by atoms with Crippen LogP contribution in [-0.4, -0.2) is 58.4 Å². The minimum absolute atomic E-state index is 0.152. The summed E-state index contributed by atoms with van der Waals surface area (Å²) in [5.74, 6) is -1.56. The van der Waals surface area contributed by atoms with Crippen LogP contribution in [0, 0.1) is 5.92 Å². The lowest BCUT2D eigenvalue weighted by molar-refractivity contribution is -0.142. The van der Waals surface area contributed by atoms with Crippen molar-refractivity contribution in [1.82, 2.24) is 9.80 Å². The first-order chi connectivity index (χ1) is 8.04. The first-order valence-electron chi connectivity index (χ1n) is 5.85. The van der Waals surface area contributed by atoms with Crippen molar-refractivity contribution in [2.75, 3.05) is 19.6 Å². The Morgan fingerprint density at radius 1 is 1.47 bits per heavy atom. The van der Waals surface area contributed by atoms with Gasteiger partial charge in [0.15, 0.2) is 0 Å². The highest BCUT2D eigenvalue weighted by atomic mass is 16.4. The smallest absolute Gasteiger partial charge is 0.307 e. The van der Waals surface area contributed by atoms with Crippen molar-refractivity contribution in [3.05, 3.63) is 0 Å². The molecular weight excluding hydrogens is 224 g/mol. The van der Waals surface area contributed by atoms with Gasteiger partial charge in [0.1, 0.15) is 0 Å². The lowest BCUT2D eigenvalue weighted by atomic mass is 10.1. The van der Waals surface area contributed by atoms with Gasteiger partial charge in [-0.15, -0.1) is 0 Å². The van der Waals surface area contributed by atoms with Gasteiger partial charge in [0.25, 0.3) is 0 Å². The largest absolute Gasteiger partial charge is 0.481 e. The summed E-state index contributed by atoms with van der Waals surface area (Å²) in [5, 5.41) is 8.90. The molecule has 0 aliphatic carbocycles. The number of nitrogens with zero attached hydrogens (tertiary/aromatic N) is 2. The van der Waals surface area contributed by atoms with E-state index in [-0.39, 0.29) is 18.2 Å². The number of carbonyl (C=O) groups is 3. The molecule has 2 rings (SSSR count). The third-order valence-corrected chi connectivity index (χ3v) is 3.55. The predicted octanol–water partition coefficient (Wildman–Crippen LogP) is -0.460. The molecule has 0 aromatic carbocycles. The molecule has 2 unspecified atom stereocenters. The van der Waals surface area contributed by atoms with Crippen LogP contribution in [0.5, 0.6) is 0 Å². The zero-order valence-corrected chi connectivity index (χ0v) is 9.76. The van der Waals surface area contributed by atoms with Crippen LogP contribution in [0.25, 0.3) is 0 Å². The van der Waals surface area contributed by atoms with E-state index < -0.39 is 17.9 Å². The zero-order valence-electron chi connectivity index (χ0n) is 9.76. The Hall–Kier alpha value is -1.43. The topological polar surface area (TPSA) is 77.9 Å². The van der Waals surface area contributed by atoms with Gasteiger partial charge in [-0.05, 0) is 19.9 Å². The summed E-state index contributed by atoms with van der Waals surface area (Å²) in [7, 11) is 0. The van der Waals surface area contributed by atoms with Gasteiger partial charge in [0, 0.05) is 13.1 Å². The molecule has 0 bridgehead atoms. The Bertz CT molecular complexity index is 368. The van der Waals surface area contributed by atoms with Crippen LogP contribution in [0.1, 0.15) is 19.8 Å². The van der Waals surface area contributed by atoms with E-state index in [4.69, 9.17) is 5.11 Å². The number of aliphatic carboxylic acids is 1. The van der Waals surface area contributed by atoms with Crippen molar-refractivity contribution in [2.24, 2.45) is 5.92 Å². The number of likely N-dealkylation sites (tertiary alicyclic amines) is 2. The van der Waals surface area contributed by atoms with Crippen LogP contribution in [0.2, 0.25) is 0 Å². The van der Waals surface area contributed by atoms with Crippen molar-refractivity contribution in [1.29, 1.82) is 0 Å². The maximum absolute atomic E-state index is 11.9. The maximum atomic E-state index is 11.9. The van der Waals surface area contributed by atoms with Crippen LogP contribution in [0.15, 0.2) is 0 Å². The summed E-state index contributed by atoms with van der Waals surface area (Å²) in [6.45, 7) is 3.11. The van der Waals surface area contributed by atoms with Crippen LogP contribution >= 0.6 is 0 Å². The minimum Gasteiger partial charge on any atom is -0.481 e. The highest BCUT2D eigenvalue weighted by Gasteiger charge is 2.44. The van der Waals surface area contributed by atoms with E-state index in [1.165, 1.54) is 4.90 Å². The first-order valence-corrected chi connectivity index (χ1v) is 5.85. The standard InChI is InChI=1S/C11H16N2O4/c1-2-13-9(14)5-8(10(13)15)12-4-3-7(6-12)11(16)17/h7-8H,2-6H2,1H3,(H,16,17). The van der Waals surface area contributed by atoms with E-state index in [2.05, 4.69) is 0 Å². The maximum Gasteiger partial charge on any atom is 0.307 e. The molecule has 0 radical (unpaired) electrons. The second-order valence-electron chi connectivity index (χ2n) is 4.51. The Balaban J connectivity index is 2.03. The van der Waals surface area contributed by atoms with Crippen molar-refractivity contribution in [2.45, 2.75) is 25.8 Å². The van der Waals surface area contributed by atoms with Gasteiger partial charge in [-0.1, -0.05) is 0 Å². The molecule has 0 aromatic heterocycles. The van der Waals surface area contributed by atoms with Gasteiger partial charge in [-0.2, -0.15) is 0 Å². The van der Waals surface area contributed by atoms with E-state index in [1.807, 2.05) is 4.90 Å². The van der Waals surface area contributed by atoms with Crippen LogP contribution in [-0.2, 0) is 14.4 Å². The average molecular weight is 240 g/mol. The number of hydrogen-bond donors (Lipinski definition) is 1. The van der Waals surface area contributed by atoms with Crippen molar-refractivity contribution in [3.63, 3.8) is 0 Å². The fourth-order valence-electron chi connectivity index (χ4n) is 2.56. The third kappa shape index (κ3) is 2.04. The molecule has 6 nitrogen and oxygen atoms in total. The molecule has 2 heterocycles. The number of amides is 2. The van der Waals surface area contributed by atoms with Crippen molar-refractivity contribution >= 4 is 17.8 Å². The summed E-state index contributed by atoms with van der Waals surface area (Å²) in [5.41, 5.74) is 0.